The summed E-state index contributed by atoms with van der Waals surface area (Å²) in [5.41, 5.74) is 7.66. The smallest absolute Gasteiger partial charge is 0.259 e. The summed E-state index contributed by atoms with van der Waals surface area (Å²) in [6.45, 7) is 0. The number of aromatic nitrogens is 2. The van der Waals surface area contributed by atoms with Crippen molar-refractivity contribution >= 4 is 17.3 Å². The van der Waals surface area contributed by atoms with Gasteiger partial charge in [-0.05, 0) is 36.4 Å². The van der Waals surface area contributed by atoms with Crippen LogP contribution in [-0.4, -0.2) is 24.4 Å². The second kappa shape index (κ2) is 6.18. The molecule has 3 rings (SSSR count). The molecule has 6 nitrogen and oxygen atoms in total. The number of nitrogen functional groups attached to an aromatic ring is 1. The summed E-state index contributed by atoms with van der Waals surface area (Å²) in [7, 11) is 3.14. The number of halogens is 1. The van der Waals surface area contributed by atoms with E-state index in [9.17, 15) is 0 Å². The van der Waals surface area contributed by atoms with Gasteiger partial charge in [-0.15, -0.1) is 0 Å². The molecule has 0 aliphatic heterocycles. The Bertz CT molecular complexity index is 848. The second-order valence-corrected chi connectivity index (χ2v) is 5.14. The van der Waals surface area contributed by atoms with Crippen LogP contribution < -0.4 is 15.2 Å². The molecule has 0 aliphatic rings. The number of nitrogens with zero attached hydrogens (tertiary/aromatic N) is 2. The highest BCUT2D eigenvalue weighted by Crippen LogP contribution is 2.33. The standard InChI is InChI=1S/C16H14ClN3O3/c1-21-13-6-3-9(7-14(13)22-2)15-19-16(23-20-15)11-8-10(18)4-5-12(11)17/h3-8H,18H2,1-2H3. The fourth-order valence-electron chi connectivity index (χ4n) is 2.13. The number of nitrogens with two attached hydrogens (primary N) is 1. The molecule has 118 valence electrons. The van der Waals surface area contributed by atoms with E-state index in [4.69, 9.17) is 31.3 Å². The van der Waals surface area contributed by atoms with E-state index >= 15 is 0 Å². The highest BCUT2D eigenvalue weighted by molar-refractivity contribution is 6.33. The molecule has 1 aromatic heterocycles. The minimum atomic E-state index is 0.298. The van der Waals surface area contributed by atoms with Crippen LogP contribution in [-0.2, 0) is 0 Å². The van der Waals surface area contributed by atoms with Gasteiger partial charge < -0.3 is 19.7 Å². The van der Waals surface area contributed by atoms with Gasteiger partial charge in [-0.25, -0.2) is 0 Å². The summed E-state index contributed by atoms with van der Waals surface area (Å²) in [6, 6.07) is 10.4. The lowest BCUT2D eigenvalue weighted by molar-refractivity contribution is 0.355. The summed E-state index contributed by atoms with van der Waals surface area (Å²) < 4.78 is 15.8. The minimum absolute atomic E-state index is 0.298. The first-order chi connectivity index (χ1) is 11.1. The molecule has 2 aromatic carbocycles. The van der Waals surface area contributed by atoms with Gasteiger partial charge in [0.15, 0.2) is 11.5 Å². The number of hydrogen-bond donors (Lipinski definition) is 1. The van der Waals surface area contributed by atoms with Crippen molar-refractivity contribution in [1.82, 2.24) is 10.1 Å². The van der Waals surface area contributed by atoms with Gasteiger partial charge >= 0.3 is 0 Å². The third-order valence-corrected chi connectivity index (χ3v) is 3.62. The fraction of sp³-hybridized carbons (Fsp3) is 0.125. The Morgan fingerprint density at radius 2 is 1.83 bits per heavy atom. The molecular weight excluding hydrogens is 318 g/mol. The van der Waals surface area contributed by atoms with Crippen molar-refractivity contribution in [1.29, 1.82) is 0 Å². The van der Waals surface area contributed by atoms with E-state index < -0.39 is 0 Å². The summed E-state index contributed by atoms with van der Waals surface area (Å²) in [5.74, 6) is 1.92. The normalized spacial score (nSPS) is 10.6. The van der Waals surface area contributed by atoms with E-state index in [1.54, 1.807) is 44.6 Å². The summed E-state index contributed by atoms with van der Waals surface area (Å²) in [4.78, 5) is 4.37. The second-order valence-electron chi connectivity index (χ2n) is 4.73. The summed E-state index contributed by atoms with van der Waals surface area (Å²) in [6.07, 6.45) is 0. The molecule has 7 heteroatoms. The third-order valence-electron chi connectivity index (χ3n) is 3.29. The maximum atomic E-state index is 6.15. The Morgan fingerprint density at radius 3 is 2.57 bits per heavy atom. The number of benzene rings is 2. The van der Waals surface area contributed by atoms with Gasteiger partial charge in [-0.2, -0.15) is 4.98 Å². The fourth-order valence-corrected chi connectivity index (χ4v) is 2.33. The van der Waals surface area contributed by atoms with Gasteiger partial charge in [0.1, 0.15) is 0 Å². The van der Waals surface area contributed by atoms with Crippen LogP contribution in [0.3, 0.4) is 0 Å². The van der Waals surface area contributed by atoms with Crippen molar-refractivity contribution in [2.75, 3.05) is 20.0 Å². The molecule has 0 amide bonds. The maximum absolute atomic E-state index is 6.15. The molecule has 1 heterocycles. The Balaban J connectivity index is 2.00. The average molecular weight is 332 g/mol. The monoisotopic (exact) mass is 331 g/mol. The SMILES string of the molecule is COc1ccc(-c2noc(-c3cc(N)ccc3Cl)n2)cc1OC. The predicted molar refractivity (Wildman–Crippen MR) is 87.7 cm³/mol. The lowest BCUT2D eigenvalue weighted by Crippen LogP contribution is -1.91. The molecule has 23 heavy (non-hydrogen) atoms. The average Bonchev–Trinajstić information content (AvgIpc) is 3.06. The van der Waals surface area contributed by atoms with Gasteiger partial charge in [-0.3, -0.25) is 0 Å². The molecule has 2 N–H and O–H groups in total. The van der Waals surface area contributed by atoms with E-state index in [1.165, 1.54) is 0 Å². The Hall–Kier alpha value is -2.73. The van der Waals surface area contributed by atoms with Crippen LogP contribution in [0, 0.1) is 0 Å². The van der Waals surface area contributed by atoms with Crippen molar-refractivity contribution in [3.63, 3.8) is 0 Å². The number of hydrogen-bond acceptors (Lipinski definition) is 6. The van der Waals surface area contributed by atoms with Crippen LogP contribution in [0.4, 0.5) is 5.69 Å². The first-order valence-electron chi connectivity index (χ1n) is 6.74. The van der Waals surface area contributed by atoms with Crippen LogP contribution in [0.15, 0.2) is 40.9 Å². The van der Waals surface area contributed by atoms with Gasteiger partial charge in [0.2, 0.25) is 5.82 Å². The van der Waals surface area contributed by atoms with E-state index in [0.717, 1.165) is 5.56 Å². The van der Waals surface area contributed by atoms with E-state index in [2.05, 4.69) is 10.1 Å². The maximum Gasteiger partial charge on any atom is 0.259 e. The van der Waals surface area contributed by atoms with E-state index in [-0.39, 0.29) is 0 Å². The Morgan fingerprint density at radius 1 is 1.04 bits per heavy atom. The Kier molecular flexibility index (Phi) is 4.08. The summed E-state index contributed by atoms with van der Waals surface area (Å²) >= 11 is 6.15. The molecule has 0 saturated heterocycles. The van der Waals surface area contributed by atoms with Crippen molar-refractivity contribution in [2.24, 2.45) is 0 Å². The lowest BCUT2D eigenvalue weighted by Gasteiger charge is -2.07. The largest absolute Gasteiger partial charge is 0.493 e. The number of anilines is 1. The molecule has 3 aromatic rings. The first kappa shape index (κ1) is 15.2. The molecule has 0 atom stereocenters. The lowest BCUT2D eigenvalue weighted by atomic mass is 10.2. The molecule has 0 bridgehead atoms. The van der Waals surface area contributed by atoms with Crippen LogP contribution >= 0.6 is 11.6 Å². The van der Waals surface area contributed by atoms with Gasteiger partial charge in [0.25, 0.3) is 5.89 Å². The van der Waals surface area contributed by atoms with E-state index in [0.29, 0.717) is 39.5 Å². The highest BCUT2D eigenvalue weighted by Gasteiger charge is 2.15. The zero-order valence-electron chi connectivity index (χ0n) is 12.5. The summed E-state index contributed by atoms with van der Waals surface area (Å²) in [5, 5.41) is 4.47. The van der Waals surface area contributed by atoms with Gasteiger partial charge in [-0.1, -0.05) is 16.8 Å². The Labute approximate surface area is 137 Å². The van der Waals surface area contributed by atoms with Crippen LogP contribution in [0.1, 0.15) is 0 Å². The van der Waals surface area contributed by atoms with Crippen LogP contribution in [0.5, 0.6) is 11.5 Å². The molecule has 0 aliphatic carbocycles. The molecule has 0 fully saturated rings. The van der Waals surface area contributed by atoms with Crippen molar-refractivity contribution in [3.8, 4) is 34.3 Å². The molecule has 0 saturated carbocycles. The highest BCUT2D eigenvalue weighted by atomic mass is 35.5. The van der Waals surface area contributed by atoms with Crippen LogP contribution in [0.2, 0.25) is 5.02 Å². The molecule has 0 radical (unpaired) electrons. The predicted octanol–water partition coefficient (Wildman–Crippen LogP) is 3.66. The topological polar surface area (TPSA) is 83.4 Å². The minimum Gasteiger partial charge on any atom is -0.493 e. The quantitative estimate of drug-likeness (QED) is 0.734. The van der Waals surface area contributed by atoms with Crippen molar-refractivity contribution in [3.05, 3.63) is 41.4 Å². The molecule has 0 spiro atoms. The third kappa shape index (κ3) is 2.93. The van der Waals surface area contributed by atoms with Crippen molar-refractivity contribution < 1.29 is 14.0 Å². The van der Waals surface area contributed by atoms with Crippen molar-refractivity contribution in [2.45, 2.75) is 0 Å². The first-order valence-corrected chi connectivity index (χ1v) is 7.11. The number of ether oxygens (including phenoxy) is 2. The van der Waals surface area contributed by atoms with Crippen LogP contribution in [0.25, 0.3) is 22.8 Å². The molecular formula is C16H14ClN3O3. The molecule has 0 unspecified atom stereocenters. The van der Waals surface area contributed by atoms with Gasteiger partial charge in [0, 0.05) is 11.3 Å². The zero-order valence-corrected chi connectivity index (χ0v) is 13.3. The van der Waals surface area contributed by atoms with Gasteiger partial charge in [0.05, 0.1) is 24.8 Å². The zero-order chi connectivity index (χ0) is 16.4. The number of methoxy groups -OCH3 is 2. The van der Waals surface area contributed by atoms with E-state index in [1.807, 2.05) is 6.07 Å². The number of rotatable bonds is 4.